The molecule has 1 aliphatic heterocycles. The average molecular weight is 258 g/mol. The van der Waals surface area contributed by atoms with Crippen LogP contribution in [-0.4, -0.2) is 58.1 Å². The number of hydrogen-bond acceptors (Lipinski definition) is 4. The Bertz CT molecular complexity index is 344. The third-order valence-electron chi connectivity index (χ3n) is 2.91. The van der Waals surface area contributed by atoms with Crippen LogP contribution in [0.5, 0.6) is 0 Å². The van der Waals surface area contributed by atoms with Crippen molar-refractivity contribution in [1.82, 2.24) is 10.2 Å². The number of rotatable bonds is 6. The summed E-state index contributed by atoms with van der Waals surface area (Å²) in [6, 6.07) is -1.13. The van der Waals surface area contributed by atoms with Crippen LogP contribution in [0.15, 0.2) is 0 Å². The van der Waals surface area contributed by atoms with E-state index in [0.717, 1.165) is 0 Å². The monoisotopic (exact) mass is 258 g/mol. The van der Waals surface area contributed by atoms with Gasteiger partial charge >= 0.3 is 11.9 Å². The second-order valence-corrected chi connectivity index (χ2v) is 4.36. The van der Waals surface area contributed by atoms with Gasteiger partial charge in [0, 0.05) is 19.0 Å². The fourth-order valence-corrected chi connectivity index (χ4v) is 2.08. The molecule has 0 spiro atoms. The lowest BCUT2D eigenvalue weighted by molar-refractivity contribution is -0.148. The van der Waals surface area contributed by atoms with Gasteiger partial charge in [0.05, 0.1) is 6.54 Å². The molecule has 0 saturated carbocycles. The Morgan fingerprint density at radius 1 is 1.33 bits per heavy atom. The van der Waals surface area contributed by atoms with Gasteiger partial charge in [-0.15, -0.1) is 0 Å². The van der Waals surface area contributed by atoms with Gasteiger partial charge in [-0.1, -0.05) is 6.92 Å². The van der Waals surface area contributed by atoms with Crippen LogP contribution >= 0.6 is 0 Å². The number of likely N-dealkylation sites (tertiary alicyclic amines) is 1. The van der Waals surface area contributed by atoms with Crippen LogP contribution in [0.3, 0.4) is 0 Å². The van der Waals surface area contributed by atoms with Crippen molar-refractivity contribution < 1.29 is 24.6 Å². The molecule has 3 N–H and O–H groups in total. The molecule has 1 amide bonds. The first-order valence-corrected chi connectivity index (χ1v) is 5.93. The molecule has 0 unspecified atom stereocenters. The van der Waals surface area contributed by atoms with Gasteiger partial charge in [0.2, 0.25) is 5.91 Å². The van der Waals surface area contributed by atoms with Crippen LogP contribution < -0.4 is 5.32 Å². The summed E-state index contributed by atoms with van der Waals surface area (Å²) in [4.78, 5) is 34.6. The maximum Gasteiger partial charge on any atom is 0.326 e. The highest BCUT2D eigenvalue weighted by molar-refractivity contribution is 5.84. The van der Waals surface area contributed by atoms with Gasteiger partial charge in [0.25, 0.3) is 0 Å². The molecule has 0 bridgehead atoms. The smallest absolute Gasteiger partial charge is 0.326 e. The second kappa shape index (κ2) is 6.34. The molecule has 1 aliphatic rings. The molecular formula is C11H18N2O5. The maximum absolute atomic E-state index is 11.8. The molecule has 18 heavy (non-hydrogen) atoms. The molecular weight excluding hydrogens is 240 g/mol. The van der Waals surface area contributed by atoms with Crippen molar-refractivity contribution in [2.24, 2.45) is 0 Å². The van der Waals surface area contributed by atoms with Crippen LogP contribution in [0.2, 0.25) is 0 Å². The summed E-state index contributed by atoms with van der Waals surface area (Å²) < 4.78 is 0. The zero-order valence-electron chi connectivity index (χ0n) is 10.3. The normalized spacial score (nSPS) is 23.1. The maximum atomic E-state index is 11.8. The summed E-state index contributed by atoms with van der Waals surface area (Å²) in [5.74, 6) is -2.23. The summed E-state index contributed by atoms with van der Waals surface area (Å²) in [6.07, 6.45) is 1.22. The van der Waals surface area contributed by atoms with Crippen molar-refractivity contribution in [3.63, 3.8) is 0 Å². The summed E-state index contributed by atoms with van der Waals surface area (Å²) in [7, 11) is 0. The molecule has 0 aromatic heterocycles. The van der Waals surface area contributed by atoms with Crippen molar-refractivity contribution in [1.29, 1.82) is 0 Å². The van der Waals surface area contributed by atoms with Gasteiger partial charge in [-0.2, -0.15) is 0 Å². The van der Waals surface area contributed by atoms with E-state index in [2.05, 4.69) is 5.32 Å². The van der Waals surface area contributed by atoms with Crippen molar-refractivity contribution in [2.75, 3.05) is 13.1 Å². The van der Waals surface area contributed by atoms with Gasteiger partial charge in [-0.25, -0.2) is 4.79 Å². The Morgan fingerprint density at radius 3 is 2.50 bits per heavy atom. The summed E-state index contributed by atoms with van der Waals surface area (Å²) in [5, 5.41) is 20.3. The molecule has 0 aliphatic carbocycles. The van der Waals surface area contributed by atoms with E-state index in [1.807, 2.05) is 6.92 Å². The van der Waals surface area contributed by atoms with Crippen molar-refractivity contribution in [3.8, 4) is 0 Å². The number of carboxylic acids is 2. The van der Waals surface area contributed by atoms with E-state index in [4.69, 9.17) is 10.2 Å². The quantitative estimate of drug-likeness (QED) is 0.593. The Morgan fingerprint density at radius 2 is 2.00 bits per heavy atom. The van der Waals surface area contributed by atoms with Crippen molar-refractivity contribution >= 4 is 17.8 Å². The minimum Gasteiger partial charge on any atom is -0.480 e. The molecule has 7 nitrogen and oxygen atoms in total. The number of carbonyl (C=O) groups is 3. The van der Waals surface area contributed by atoms with Crippen LogP contribution in [0, 0.1) is 0 Å². The Kier molecular flexibility index (Phi) is 5.08. The van der Waals surface area contributed by atoms with Crippen LogP contribution in [0.1, 0.15) is 26.2 Å². The standard InChI is InChI=1S/C11H18N2O5/c1-2-3-9(14)13-6-7(12-5-10(15)16)4-8(13)11(17)18/h7-8,12H,2-6H2,1H3,(H,15,16)(H,17,18)/t7-,8-/m0/s1. The Balaban J connectivity index is 2.62. The lowest BCUT2D eigenvalue weighted by atomic mass is 10.1. The first kappa shape index (κ1) is 14.4. The topological polar surface area (TPSA) is 107 Å². The van der Waals surface area contributed by atoms with Crippen LogP contribution in [0.25, 0.3) is 0 Å². The van der Waals surface area contributed by atoms with Crippen LogP contribution in [0.4, 0.5) is 0 Å². The number of carboxylic acid groups (broad SMARTS) is 2. The predicted octanol–water partition coefficient (Wildman–Crippen LogP) is -0.485. The first-order valence-electron chi connectivity index (χ1n) is 5.93. The van der Waals surface area contributed by atoms with Gasteiger partial charge in [-0.05, 0) is 12.8 Å². The van der Waals surface area contributed by atoms with Gasteiger partial charge < -0.3 is 20.4 Å². The van der Waals surface area contributed by atoms with E-state index in [9.17, 15) is 14.4 Å². The zero-order chi connectivity index (χ0) is 13.7. The van der Waals surface area contributed by atoms with E-state index >= 15 is 0 Å². The van der Waals surface area contributed by atoms with E-state index in [1.54, 1.807) is 0 Å². The molecule has 0 radical (unpaired) electrons. The molecule has 1 rings (SSSR count). The lowest BCUT2D eigenvalue weighted by Gasteiger charge is -2.21. The summed E-state index contributed by atoms with van der Waals surface area (Å²) in [6.45, 7) is 1.87. The second-order valence-electron chi connectivity index (χ2n) is 4.36. The van der Waals surface area contributed by atoms with E-state index in [-0.39, 0.29) is 31.5 Å². The SMILES string of the molecule is CCCC(=O)N1C[C@@H](NCC(=O)O)C[C@H]1C(=O)O. The molecule has 7 heteroatoms. The van der Waals surface area contributed by atoms with Crippen molar-refractivity contribution in [2.45, 2.75) is 38.3 Å². The molecule has 1 saturated heterocycles. The van der Waals surface area contributed by atoms with Gasteiger partial charge in [-0.3, -0.25) is 9.59 Å². The number of nitrogens with one attached hydrogen (secondary N) is 1. The number of carbonyl (C=O) groups excluding carboxylic acids is 1. The summed E-state index contributed by atoms with van der Waals surface area (Å²) >= 11 is 0. The van der Waals surface area contributed by atoms with E-state index in [1.165, 1.54) is 4.90 Å². The summed E-state index contributed by atoms with van der Waals surface area (Å²) in [5.41, 5.74) is 0. The molecule has 0 aromatic rings. The highest BCUT2D eigenvalue weighted by Gasteiger charge is 2.39. The molecule has 0 aromatic carbocycles. The molecule has 1 heterocycles. The lowest BCUT2D eigenvalue weighted by Crippen LogP contribution is -2.41. The number of aliphatic carboxylic acids is 2. The largest absolute Gasteiger partial charge is 0.480 e. The third-order valence-corrected chi connectivity index (χ3v) is 2.91. The fourth-order valence-electron chi connectivity index (χ4n) is 2.08. The fraction of sp³-hybridized carbons (Fsp3) is 0.727. The van der Waals surface area contributed by atoms with Gasteiger partial charge in [0.1, 0.15) is 6.04 Å². The van der Waals surface area contributed by atoms with E-state index < -0.39 is 18.0 Å². The first-order chi connectivity index (χ1) is 8.45. The average Bonchev–Trinajstić information content (AvgIpc) is 2.71. The third kappa shape index (κ3) is 3.69. The minimum absolute atomic E-state index is 0.190. The van der Waals surface area contributed by atoms with Crippen molar-refractivity contribution in [3.05, 3.63) is 0 Å². The number of hydrogen-bond donors (Lipinski definition) is 3. The van der Waals surface area contributed by atoms with E-state index in [0.29, 0.717) is 12.8 Å². The number of nitrogens with zero attached hydrogens (tertiary/aromatic N) is 1. The van der Waals surface area contributed by atoms with Gasteiger partial charge in [0.15, 0.2) is 0 Å². The molecule has 2 atom stereocenters. The molecule has 1 fully saturated rings. The highest BCUT2D eigenvalue weighted by atomic mass is 16.4. The number of amides is 1. The highest BCUT2D eigenvalue weighted by Crippen LogP contribution is 2.19. The Labute approximate surface area is 105 Å². The van der Waals surface area contributed by atoms with Crippen LogP contribution in [-0.2, 0) is 14.4 Å². The zero-order valence-corrected chi connectivity index (χ0v) is 10.3. The Hall–Kier alpha value is -1.63. The molecule has 102 valence electrons. The minimum atomic E-state index is -1.04. The predicted molar refractivity (Wildman–Crippen MR) is 62.1 cm³/mol.